The van der Waals surface area contributed by atoms with E-state index >= 15 is 0 Å². The Morgan fingerprint density at radius 2 is 2.04 bits per heavy atom. The topological polar surface area (TPSA) is 110 Å². The first-order chi connectivity index (χ1) is 12.5. The maximum Gasteiger partial charge on any atom is 0.251 e. The monoisotopic (exact) mass is 389 g/mol. The van der Waals surface area contributed by atoms with Crippen LogP contribution in [0.2, 0.25) is 0 Å². The number of carbonyl (C=O) groups excluding carboxylic acids is 1. The van der Waals surface area contributed by atoms with Crippen molar-refractivity contribution >= 4 is 34.1 Å². The molecule has 0 fully saturated rings. The van der Waals surface area contributed by atoms with E-state index in [1.165, 1.54) is 23.6 Å². The van der Waals surface area contributed by atoms with E-state index in [4.69, 9.17) is 4.74 Å². The summed E-state index contributed by atoms with van der Waals surface area (Å²) in [5.74, 6) is 0.504. The third kappa shape index (κ3) is 4.46. The van der Waals surface area contributed by atoms with Gasteiger partial charge in [0, 0.05) is 17.8 Å². The minimum atomic E-state index is -0.464. The van der Waals surface area contributed by atoms with Crippen molar-refractivity contribution < 1.29 is 9.53 Å². The molecule has 8 nitrogen and oxygen atoms in total. The van der Waals surface area contributed by atoms with E-state index in [1.807, 2.05) is 24.3 Å². The highest BCUT2D eigenvalue weighted by atomic mass is 32.2. The number of benzene rings is 1. The van der Waals surface area contributed by atoms with E-state index in [-0.39, 0.29) is 11.5 Å². The van der Waals surface area contributed by atoms with Crippen LogP contribution >= 0.6 is 23.1 Å². The van der Waals surface area contributed by atoms with Gasteiger partial charge in [-0.05, 0) is 31.2 Å². The molecule has 1 amide bonds. The number of ether oxygens (including phenoxy) is 1. The maximum absolute atomic E-state index is 12.3. The molecule has 2 aromatic heterocycles. The molecule has 0 radical (unpaired) electrons. The van der Waals surface area contributed by atoms with Crippen LogP contribution in [0.15, 0.2) is 46.5 Å². The van der Waals surface area contributed by atoms with Crippen LogP contribution in [-0.2, 0) is 4.79 Å². The number of aromatic nitrogens is 4. The molecule has 0 aliphatic heterocycles. The van der Waals surface area contributed by atoms with Crippen LogP contribution in [-0.4, -0.2) is 38.4 Å². The number of aromatic amines is 1. The number of amides is 1. The SMILES string of the molecule is COc1ccc(-c2nnc(NC(=O)C(C)Sc3nccc(=O)[nH]3)s2)cc1. The zero-order valence-electron chi connectivity index (χ0n) is 13.9. The molecule has 3 rings (SSSR count). The van der Waals surface area contributed by atoms with E-state index in [1.54, 1.807) is 14.0 Å². The van der Waals surface area contributed by atoms with Crippen molar-refractivity contribution in [3.05, 3.63) is 46.9 Å². The number of anilines is 1. The van der Waals surface area contributed by atoms with E-state index in [2.05, 4.69) is 25.5 Å². The first-order valence-electron chi connectivity index (χ1n) is 7.56. The third-order valence-electron chi connectivity index (χ3n) is 3.30. The number of rotatable bonds is 6. The Labute approximate surface area is 157 Å². The van der Waals surface area contributed by atoms with Crippen molar-refractivity contribution in [3.63, 3.8) is 0 Å². The standard InChI is InChI=1S/C16H15N5O3S2/c1-9(25-15-17-8-7-12(22)18-15)13(23)19-16-21-20-14(26-16)10-3-5-11(24-2)6-4-10/h3-9H,1-2H3,(H,17,18,22)(H,19,21,23). The molecule has 0 spiro atoms. The van der Waals surface area contributed by atoms with Gasteiger partial charge >= 0.3 is 0 Å². The van der Waals surface area contributed by atoms with Gasteiger partial charge in [0.25, 0.3) is 5.56 Å². The number of thioether (sulfide) groups is 1. The number of methoxy groups -OCH3 is 1. The van der Waals surface area contributed by atoms with Crippen molar-refractivity contribution in [2.75, 3.05) is 12.4 Å². The Bertz CT molecular complexity index is 955. The second kappa shape index (κ2) is 8.11. The lowest BCUT2D eigenvalue weighted by atomic mass is 10.2. The van der Waals surface area contributed by atoms with Gasteiger partial charge in [-0.1, -0.05) is 23.1 Å². The predicted molar refractivity (Wildman–Crippen MR) is 101 cm³/mol. The van der Waals surface area contributed by atoms with Gasteiger partial charge in [0.15, 0.2) is 5.16 Å². The molecular weight excluding hydrogens is 374 g/mol. The molecule has 0 aliphatic rings. The Morgan fingerprint density at radius 3 is 2.73 bits per heavy atom. The number of nitrogens with one attached hydrogen (secondary N) is 2. The molecular formula is C16H15N5O3S2. The van der Waals surface area contributed by atoms with Gasteiger partial charge in [-0.15, -0.1) is 10.2 Å². The highest BCUT2D eigenvalue weighted by Gasteiger charge is 2.18. The van der Waals surface area contributed by atoms with Gasteiger partial charge in [0.2, 0.25) is 11.0 Å². The molecule has 26 heavy (non-hydrogen) atoms. The van der Waals surface area contributed by atoms with Gasteiger partial charge < -0.3 is 9.72 Å². The van der Waals surface area contributed by atoms with Crippen molar-refractivity contribution in [2.24, 2.45) is 0 Å². The zero-order chi connectivity index (χ0) is 18.5. The lowest BCUT2D eigenvalue weighted by Crippen LogP contribution is -2.23. The van der Waals surface area contributed by atoms with Crippen LogP contribution < -0.4 is 15.6 Å². The summed E-state index contributed by atoms with van der Waals surface area (Å²) in [6, 6.07) is 8.74. The minimum Gasteiger partial charge on any atom is -0.497 e. The largest absolute Gasteiger partial charge is 0.497 e. The molecule has 1 atom stereocenters. The lowest BCUT2D eigenvalue weighted by Gasteiger charge is -2.08. The molecule has 3 aromatic rings. The Morgan fingerprint density at radius 1 is 1.27 bits per heavy atom. The van der Waals surface area contributed by atoms with E-state index in [0.717, 1.165) is 23.1 Å². The Hall–Kier alpha value is -2.72. The highest BCUT2D eigenvalue weighted by Crippen LogP contribution is 2.28. The predicted octanol–water partition coefficient (Wildman–Crippen LogP) is 2.42. The molecule has 0 aliphatic carbocycles. The maximum atomic E-state index is 12.3. The Balaban J connectivity index is 1.64. The first kappa shape index (κ1) is 18.1. The van der Waals surface area contributed by atoms with Crippen LogP contribution in [0, 0.1) is 0 Å². The average Bonchev–Trinajstić information content (AvgIpc) is 3.10. The van der Waals surface area contributed by atoms with Gasteiger partial charge in [-0.3, -0.25) is 14.9 Å². The quantitative estimate of drug-likeness (QED) is 0.492. The molecule has 0 saturated carbocycles. The fourth-order valence-electron chi connectivity index (χ4n) is 1.96. The molecule has 10 heteroatoms. The minimum absolute atomic E-state index is 0.251. The van der Waals surface area contributed by atoms with Crippen LogP contribution in [0.4, 0.5) is 5.13 Å². The zero-order valence-corrected chi connectivity index (χ0v) is 15.6. The molecule has 0 bridgehead atoms. The summed E-state index contributed by atoms with van der Waals surface area (Å²) in [4.78, 5) is 30.2. The van der Waals surface area contributed by atoms with Crippen LogP contribution in [0.3, 0.4) is 0 Å². The van der Waals surface area contributed by atoms with Crippen LogP contribution in [0.5, 0.6) is 5.75 Å². The van der Waals surface area contributed by atoms with Gasteiger partial charge in [-0.2, -0.15) is 0 Å². The molecule has 1 aromatic carbocycles. The lowest BCUT2D eigenvalue weighted by molar-refractivity contribution is -0.115. The summed E-state index contributed by atoms with van der Waals surface area (Å²) >= 11 is 2.43. The number of hydrogen-bond donors (Lipinski definition) is 2. The number of hydrogen-bond acceptors (Lipinski definition) is 8. The van der Waals surface area contributed by atoms with E-state index in [0.29, 0.717) is 15.3 Å². The summed E-state index contributed by atoms with van der Waals surface area (Å²) in [6.07, 6.45) is 1.40. The van der Waals surface area contributed by atoms with Crippen molar-refractivity contribution in [1.82, 2.24) is 20.2 Å². The molecule has 2 heterocycles. The normalized spacial score (nSPS) is 11.8. The van der Waals surface area contributed by atoms with Crippen LogP contribution in [0.25, 0.3) is 10.6 Å². The second-order valence-corrected chi connectivity index (χ2v) is 7.44. The highest BCUT2D eigenvalue weighted by molar-refractivity contribution is 8.00. The number of carbonyl (C=O) groups is 1. The van der Waals surface area contributed by atoms with Crippen molar-refractivity contribution in [3.8, 4) is 16.3 Å². The summed E-state index contributed by atoms with van der Waals surface area (Å²) in [7, 11) is 1.60. The second-order valence-electron chi connectivity index (χ2n) is 5.13. The fourth-order valence-corrected chi connectivity index (χ4v) is 3.50. The molecule has 2 N–H and O–H groups in total. The number of nitrogens with zero attached hydrogens (tertiary/aromatic N) is 3. The van der Waals surface area contributed by atoms with E-state index < -0.39 is 5.25 Å². The van der Waals surface area contributed by atoms with Gasteiger partial charge in [-0.25, -0.2) is 4.98 Å². The summed E-state index contributed by atoms with van der Waals surface area (Å²) in [5.41, 5.74) is 0.626. The third-order valence-corrected chi connectivity index (χ3v) is 5.18. The Kier molecular flexibility index (Phi) is 5.64. The van der Waals surface area contributed by atoms with Crippen molar-refractivity contribution in [1.29, 1.82) is 0 Å². The number of H-pyrrole nitrogens is 1. The summed E-state index contributed by atoms with van der Waals surface area (Å²) in [6.45, 7) is 1.72. The summed E-state index contributed by atoms with van der Waals surface area (Å²) < 4.78 is 5.13. The van der Waals surface area contributed by atoms with Crippen LogP contribution in [0.1, 0.15) is 6.92 Å². The smallest absolute Gasteiger partial charge is 0.251 e. The summed E-state index contributed by atoms with van der Waals surface area (Å²) in [5, 5.41) is 11.8. The fraction of sp³-hybridized carbons (Fsp3) is 0.188. The molecule has 0 saturated heterocycles. The average molecular weight is 389 g/mol. The first-order valence-corrected chi connectivity index (χ1v) is 9.25. The van der Waals surface area contributed by atoms with Crippen molar-refractivity contribution in [2.45, 2.75) is 17.3 Å². The molecule has 134 valence electrons. The van der Waals surface area contributed by atoms with Gasteiger partial charge in [0.1, 0.15) is 10.8 Å². The van der Waals surface area contributed by atoms with Gasteiger partial charge in [0.05, 0.1) is 12.4 Å². The van der Waals surface area contributed by atoms with E-state index in [9.17, 15) is 9.59 Å². The molecule has 1 unspecified atom stereocenters.